The van der Waals surface area contributed by atoms with Gasteiger partial charge in [-0.15, -0.1) is 11.8 Å². The number of ether oxygens (including phenoxy) is 1. The fourth-order valence-electron chi connectivity index (χ4n) is 2.26. The van der Waals surface area contributed by atoms with E-state index in [1.807, 2.05) is 13.8 Å². The van der Waals surface area contributed by atoms with Gasteiger partial charge in [0.1, 0.15) is 5.56 Å². The number of carbonyl (C=O) groups excluding carboxylic acids is 3. The number of aromatic nitrogens is 1. The Balaban J connectivity index is 1.98. The van der Waals surface area contributed by atoms with Crippen molar-refractivity contribution in [3.05, 3.63) is 41.3 Å². The molecule has 9 heteroatoms. The lowest BCUT2D eigenvalue weighted by atomic mass is 10.1. The number of benzene rings is 1. The van der Waals surface area contributed by atoms with E-state index >= 15 is 0 Å². The summed E-state index contributed by atoms with van der Waals surface area (Å²) >= 11 is 1.21. The third-order valence-corrected chi connectivity index (χ3v) is 4.58. The number of amides is 2. The number of esters is 1. The molecule has 1 heterocycles. The minimum atomic E-state index is -0.663. The van der Waals surface area contributed by atoms with Crippen LogP contribution in [0.25, 0.3) is 0 Å². The molecule has 2 amide bonds. The highest BCUT2D eigenvalue weighted by Gasteiger charge is 2.24. The summed E-state index contributed by atoms with van der Waals surface area (Å²) in [4.78, 5) is 36.1. The molecule has 1 aromatic heterocycles. The lowest BCUT2D eigenvalue weighted by molar-refractivity contribution is -0.119. The van der Waals surface area contributed by atoms with Crippen LogP contribution in [0, 0.1) is 6.92 Å². The molecule has 8 nitrogen and oxygen atoms in total. The zero-order valence-corrected chi connectivity index (χ0v) is 16.1. The first-order chi connectivity index (χ1) is 12.8. The summed E-state index contributed by atoms with van der Waals surface area (Å²) in [6.07, 6.45) is 0. The van der Waals surface area contributed by atoms with E-state index in [4.69, 9.17) is 15.0 Å². The van der Waals surface area contributed by atoms with Crippen molar-refractivity contribution >= 4 is 35.2 Å². The van der Waals surface area contributed by atoms with Gasteiger partial charge in [0.25, 0.3) is 5.91 Å². The van der Waals surface area contributed by atoms with Crippen LogP contribution < -0.4 is 11.1 Å². The smallest absolute Gasteiger partial charge is 0.344 e. The van der Waals surface area contributed by atoms with E-state index in [9.17, 15) is 14.4 Å². The fraction of sp³-hybridized carbons (Fsp3) is 0.333. The molecule has 3 N–H and O–H groups in total. The van der Waals surface area contributed by atoms with Crippen LogP contribution in [0.5, 0.6) is 0 Å². The summed E-state index contributed by atoms with van der Waals surface area (Å²) in [5, 5.41) is 6.44. The Bertz CT molecular complexity index is 847. The zero-order valence-electron chi connectivity index (χ0n) is 15.3. The number of primary amides is 1. The standard InChI is InChI=1S/C18H21N3O5S/c1-10(2)17-16(11(3)21-26-17)18(24)25-8-15(23)20-12-6-4-5-7-13(12)27-9-14(19)22/h4-7,10H,8-9H2,1-3H3,(H2,19,22)(H,20,23). The van der Waals surface area contributed by atoms with Crippen LogP contribution in [0.15, 0.2) is 33.7 Å². The summed E-state index contributed by atoms with van der Waals surface area (Å²) in [7, 11) is 0. The largest absolute Gasteiger partial charge is 0.452 e. The third-order valence-electron chi connectivity index (χ3n) is 3.48. The number of thioether (sulfide) groups is 1. The fourth-order valence-corrected chi connectivity index (χ4v) is 3.01. The van der Waals surface area contributed by atoms with Crippen molar-refractivity contribution < 1.29 is 23.6 Å². The second kappa shape index (κ2) is 9.22. The van der Waals surface area contributed by atoms with E-state index in [0.29, 0.717) is 22.0 Å². The van der Waals surface area contributed by atoms with Gasteiger partial charge in [0.15, 0.2) is 12.4 Å². The maximum Gasteiger partial charge on any atom is 0.344 e. The van der Waals surface area contributed by atoms with Crippen molar-refractivity contribution in [1.29, 1.82) is 0 Å². The summed E-state index contributed by atoms with van der Waals surface area (Å²) in [5.74, 6) is -1.16. The maximum atomic E-state index is 12.3. The third kappa shape index (κ3) is 5.58. The average molecular weight is 391 g/mol. The van der Waals surface area contributed by atoms with E-state index in [-0.39, 0.29) is 17.2 Å². The van der Waals surface area contributed by atoms with Crippen molar-refractivity contribution in [2.45, 2.75) is 31.6 Å². The SMILES string of the molecule is Cc1noc(C(C)C)c1C(=O)OCC(=O)Nc1ccccc1SCC(N)=O. The Hall–Kier alpha value is -2.81. The molecule has 0 fully saturated rings. The molecule has 0 atom stereocenters. The second-order valence-corrected chi connectivity index (χ2v) is 7.05. The first kappa shape index (κ1) is 20.5. The van der Waals surface area contributed by atoms with Crippen molar-refractivity contribution in [2.75, 3.05) is 17.7 Å². The van der Waals surface area contributed by atoms with Crippen LogP contribution in [0.1, 0.15) is 41.6 Å². The van der Waals surface area contributed by atoms with Gasteiger partial charge in [0.05, 0.1) is 17.1 Å². The van der Waals surface area contributed by atoms with E-state index in [0.717, 1.165) is 0 Å². The quantitative estimate of drug-likeness (QED) is 0.523. The molecule has 2 aromatic rings. The highest BCUT2D eigenvalue weighted by molar-refractivity contribution is 8.00. The number of aryl methyl sites for hydroxylation is 1. The molecule has 0 spiro atoms. The molecule has 1 aromatic carbocycles. The molecule has 144 valence electrons. The van der Waals surface area contributed by atoms with Crippen LogP contribution in [0.4, 0.5) is 5.69 Å². The van der Waals surface area contributed by atoms with Gasteiger partial charge >= 0.3 is 5.97 Å². The number of rotatable bonds is 8. The molecule has 27 heavy (non-hydrogen) atoms. The molecule has 0 aliphatic heterocycles. The number of nitrogens with zero attached hydrogens (tertiary/aromatic N) is 1. The van der Waals surface area contributed by atoms with Crippen LogP contribution >= 0.6 is 11.8 Å². The molecule has 0 saturated heterocycles. The van der Waals surface area contributed by atoms with Crippen molar-refractivity contribution in [1.82, 2.24) is 5.16 Å². The highest BCUT2D eigenvalue weighted by Crippen LogP contribution is 2.27. The van der Waals surface area contributed by atoms with Gasteiger partial charge in [-0.2, -0.15) is 0 Å². The van der Waals surface area contributed by atoms with Crippen molar-refractivity contribution in [3.8, 4) is 0 Å². The molecule has 0 aliphatic carbocycles. The number of para-hydroxylation sites is 1. The molecule has 0 radical (unpaired) electrons. The number of hydrogen-bond donors (Lipinski definition) is 2. The van der Waals surface area contributed by atoms with E-state index in [1.54, 1.807) is 31.2 Å². The molecule has 2 rings (SSSR count). The molecule has 0 aliphatic rings. The van der Waals surface area contributed by atoms with Crippen molar-refractivity contribution in [3.63, 3.8) is 0 Å². The van der Waals surface area contributed by atoms with E-state index in [2.05, 4.69) is 10.5 Å². The second-order valence-electron chi connectivity index (χ2n) is 6.04. The van der Waals surface area contributed by atoms with Gasteiger partial charge in [-0.05, 0) is 19.1 Å². The molecule has 0 bridgehead atoms. The number of nitrogens with two attached hydrogens (primary N) is 1. The normalized spacial score (nSPS) is 10.7. The first-order valence-corrected chi connectivity index (χ1v) is 9.21. The van der Waals surface area contributed by atoms with Gasteiger partial charge in [-0.3, -0.25) is 9.59 Å². The number of hydrogen-bond acceptors (Lipinski definition) is 7. The predicted molar refractivity (Wildman–Crippen MR) is 101 cm³/mol. The monoisotopic (exact) mass is 391 g/mol. The van der Waals surface area contributed by atoms with Crippen LogP contribution in [-0.2, 0) is 14.3 Å². The van der Waals surface area contributed by atoms with E-state index in [1.165, 1.54) is 11.8 Å². The Kier molecular flexibility index (Phi) is 7.00. The molecular weight excluding hydrogens is 370 g/mol. The van der Waals surface area contributed by atoms with Gasteiger partial charge < -0.3 is 20.3 Å². The van der Waals surface area contributed by atoms with Crippen LogP contribution in [0.3, 0.4) is 0 Å². The average Bonchev–Trinajstić information content (AvgIpc) is 3.01. The van der Waals surface area contributed by atoms with Crippen LogP contribution in [-0.4, -0.2) is 35.3 Å². The zero-order chi connectivity index (χ0) is 20.0. The number of carbonyl (C=O) groups is 3. The Morgan fingerprint density at radius 1 is 1.30 bits per heavy atom. The summed E-state index contributed by atoms with van der Waals surface area (Å²) in [6, 6.07) is 6.96. The van der Waals surface area contributed by atoms with Crippen molar-refractivity contribution in [2.24, 2.45) is 5.73 Å². The number of anilines is 1. The molecule has 0 unspecified atom stereocenters. The minimum absolute atomic E-state index is 0.0447. The lowest BCUT2D eigenvalue weighted by Crippen LogP contribution is -2.22. The Morgan fingerprint density at radius 3 is 2.67 bits per heavy atom. The van der Waals surface area contributed by atoms with E-state index < -0.39 is 24.4 Å². The van der Waals surface area contributed by atoms with Gasteiger partial charge in [-0.1, -0.05) is 31.1 Å². The van der Waals surface area contributed by atoms with Gasteiger partial charge in [0, 0.05) is 10.8 Å². The minimum Gasteiger partial charge on any atom is -0.452 e. The van der Waals surface area contributed by atoms with Gasteiger partial charge in [0.2, 0.25) is 5.91 Å². The Labute approximate surface area is 160 Å². The summed E-state index contributed by atoms with van der Waals surface area (Å²) < 4.78 is 10.2. The number of nitrogens with one attached hydrogen (secondary N) is 1. The molecule has 0 saturated carbocycles. The maximum absolute atomic E-state index is 12.3. The lowest BCUT2D eigenvalue weighted by Gasteiger charge is -2.11. The summed E-state index contributed by atoms with van der Waals surface area (Å²) in [6.45, 7) is 4.91. The predicted octanol–water partition coefficient (Wildman–Crippen LogP) is 2.48. The topological polar surface area (TPSA) is 125 Å². The first-order valence-electron chi connectivity index (χ1n) is 8.22. The highest BCUT2D eigenvalue weighted by atomic mass is 32.2. The Morgan fingerprint density at radius 2 is 2.00 bits per heavy atom. The molecular formula is C18H21N3O5S. The van der Waals surface area contributed by atoms with Gasteiger partial charge in [-0.25, -0.2) is 4.79 Å². The summed E-state index contributed by atoms with van der Waals surface area (Å²) in [5.41, 5.74) is 6.32. The van der Waals surface area contributed by atoms with Crippen LogP contribution in [0.2, 0.25) is 0 Å².